The molecule has 1 amide bonds. The van der Waals surface area contributed by atoms with E-state index in [2.05, 4.69) is 5.32 Å². The number of para-hydroxylation sites is 1. The molecule has 1 N–H and O–H groups in total. The van der Waals surface area contributed by atoms with Crippen molar-refractivity contribution in [3.8, 4) is 5.75 Å². The SMILES string of the molecule is CN(c1ccccc1CNC(=O)Oc1ccc([N+](=O)[O-])cc1)S(=O)(=O)c1ccccc1. The first-order valence-corrected chi connectivity index (χ1v) is 10.5. The third kappa shape index (κ3) is 5.17. The van der Waals surface area contributed by atoms with Crippen molar-refractivity contribution in [1.82, 2.24) is 5.32 Å². The van der Waals surface area contributed by atoms with E-state index in [1.165, 1.54) is 43.4 Å². The van der Waals surface area contributed by atoms with Gasteiger partial charge in [-0.2, -0.15) is 0 Å². The Morgan fingerprint density at radius 3 is 2.26 bits per heavy atom. The van der Waals surface area contributed by atoms with Gasteiger partial charge in [0.1, 0.15) is 5.75 Å². The number of nitrogens with one attached hydrogen (secondary N) is 1. The zero-order valence-corrected chi connectivity index (χ0v) is 17.3. The molecule has 0 saturated carbocycles. The summed E-state index contributed by atoms with van der Waals surface area (Å²) in [5.74, 6) is 0.139. The second kappa shape index (κ2) is 9.26. The van der Waals surface area contributed by atoms with Gasteiger partial charge in [0.2, 0.25) is 0 Å². The van der Waals surface area contributed by atoms with Crippen molar-refractivity contribution in [2.45, 2.75) is 11.4 Å². The van der Waals surface area contributed by atoms with Crippen LogP contribution in [0.15, 0.2) is 83.8 Å². The molecule has 0 radical (unpaired) electrons. The summed E-state index contributed by atoms with van der Waals surface area (Å²) in [6, 6.07) is 19.9. The average Bonchev–Trinajstić information content (AvgIpc) is 2.78. The summed E-state index contributed by atoms with van der Waals surface area (Å²) in [6.45, 7) is 0.0106. The molecule has 0 unspecified atom stereocenters. The van der Waals surface area contributed by atoms with Gasteiger partial charge in [-0.05, 0) is 35.9 Å². The molecule has 0 aromatic heterocycles. The highest BCUT2D eigenvalue weighted by Gasteiger charge is 2.23. The number of hydrogen-bond donors (Lipinski definition) is 1. The number of ether oxygens (including phenoxy) is 1. The normalized spacial score (nSPS) is 10.9. The molecule has 0 aliphatic carbocycles. The van der Waals surface area contributed by atoms with Crippen molar-refractivity contribution in [2.24, 2.45) is 0 Å². The number of carbonyl (C=O) groups excluding carboxylic acids is 1. The maximum Gasteiger partial charge on any atom is 0.412 e. The molecule has 3 aromatic rings. The van der Waals surface area contributed by atoms with E-state index in [1.807, 2.05) is 0 Å². The smallest absolute Gasteiger partial charge is 0.410 e. The lowest BCUT2D eigenvalue weighted by molar-refractivity contribution is -0.384. The number of amides is 1. The van der Waals surface area contributed by atoms with Gasteiger partial charge in [-0.25, -0.2) is 13.2 Å². The molecule has 0 aliphatic rings. The molecule has 31 heavy (non-hydrogen) atoms. The van der Waals surface area contributed by atoms with E-state index < -0.39 is 21.0 Å². The van der Waals surface area contributed by atoms with Gasteiger partial charge < -0.3 is 10.1 Å². The Balaban J connectivity index is 1.70. The number of hydrogen-bond acceptors (Lipinski definition) is 6. The zero-order chi connectivity index (χ0) is 22.4. The van der Waals surface area contributed by atoms with Crippen LogP contribution in [0.5, 0.6) is 5.75 Å². The molecule has 0 spiro atoms. The van der Waals surface area contributed by atoms with Crippen LogP contribution in [0.4, 0.5) is 16.2 Å². The quantitative estimate of drug-likeness (QED) is 0.441. The molecule has 3 rings (SSSR count). The molecule has 0 saturated heterocycles. The second-order valence-electron chi connectivity index (χ2n) is 6.41. The predicted octanol–water partition coefficient (Wildman–Crippen LogP) is 3.71. The number of non-ortho nitro benzene ring substituents is 1. The van der Waals surface area contributed by atoms with E-state index in [-0.39, 0.29) is 22.9 Å². The molecular formula is C21H19N3O6S. The van der Waals surface area contributed by atoms with Gasteiger partial charge in [-0.15, -0.1) is 0 Å². The summed E-state index contributed by atoms with van der Waals surface area (Å²) in [4.78, 5) is 22.4. The van der Waals surface area contributed by atoms with Crippen molar-refractivity contribution in [3.05, 3.63) is 94.5 Å². The summed E-state index contributed by atoms with van der Waals surface area (Å²) < 4.78 is 32.1. The molecule has 10 heteroatoms. The molecule has 160 valence electrons. The number of nitrogens with zero attached hydrogens (tertiary/aromatic N) is 2. The fourth-order valence-corrected chi connectivity index (χ4v) is 4.05. The topological polar surface area (TPSA) is 119 Å². The number of benzene rings is 3. The van der Waals surface area contributed by atoms with Gasteiger partial charge in [-0.1, -0.05) is 36.4 Å². The lowest BCUT2D eigenvalue weighted by Gasteiger charge is -2.22. The Hall–Kier alpha value is -3.92. The maximum atomic E-state index is 12.9. The van der Waals surface area contributed by atoms with Crippen LogP contribution >= 0.6 is 0 Å². The monoisotopic (exact) mass is 441 g/mol. The van der Waals surface area contributed by atoms with Crippen LogP contribution < -0.4 is 14.4 Å². The Kier molecular flexibility index (Phi) is 6.51. The van der Waals surface area contributed by atoms with Crippen molar-refractivity contribution in [3.63, 3.8) is 0 Å². The standard InChI is InChI=1S/C21H19N3O6S/c1-23(31(28,29)19-8-3-2-4-9-19)20-10-6-5-7-16(20)15-22-21(25)30-18-13-11-17(12-14-18)24(26)27/h2-14H,15H2,1H3,(H,22,25). The minimum atomic E-state index is -3.78. The van der Waals surface area contributed by atoms with E-state index >= 15 is 0 Å². The first-order valence-electron chi connectivity index (χ1n) is 9.11. The Bertz CT molecular complexity index is 1180. The van der Waals surface area contributed by atoms with E-state index in [9.17, 15) is 23.3 Å². The lowest BCUT2D eigenvalue weighted by Crippen LogP contribution is -2.30. The Morgan fingerprint density at radius 2 is 1.61 bits per heavy atom. The minimum absolute atomic E-state index is 0.0106. The van der Waals surface area contributed by atoms with E-state index in [4.69, 9.17) is 4.74 Å². The van der Waals surface area contributed by atoms with Gasteiger partial charge in [0.15, 0.2) is 0 Å². The summed E-state index contributed by atoms with van der Waals surface area (Å²) in [7, 11) is -2.34. The van der Waals surface area contributed by atoms with E-state index in [0.29, 0.717) is 11.3 Å². The van der Waals surface area contributed by atoms with E-state index in [1.54, 1.807) is 42.5 Å². The largest absolute Gasteiger partial charge is 0.412 e. The highest BCUT2D eigenvalue weighted by molar-refractivity contribution is 7.92. The summed E-state index contributed by atoms with van der Waals surface area (Å²) in [5.41, 5.74) is 0.844. The lowest BCUT2D eigenvalue weighted by atomic mass is 10.2. The molecule has 0 fully saturated rings. The van der Waals surface area contributed by atoms with E-state index in [0.717, 1.165) is 4.31 Å². The van der Waals surface area contributed by atoms with Crippen molar-refractivity contribution >= 4 is 27.5 Å². The molecule has 0 heterocycles. The van der Waals surface area contributed by atoms with Gasteiger partial charge in [0, 0.05) is 25.7 Å². The zero-order valence-electron chi connectivity index (χ0n) is 16.5. The molecular weight excluding hydrogens is 422 g/mol. The maximum absolute atomic E-state index is 12.9. The highest BCUT2D eigenvalue weighted by Crippen LogP contribution is 2.25. The van der Waals surface area contributed by atoms with Crippen LogP contribution in [0.2, 0.25) is 0 Å². The predicted molar refractivity (Wildman–Crippen MR) is 114 cm³/mol. The third-order valence-electron chi connectivity index (χ3n) is 4.41. The number of sulfonamides is 1. The fraction of sp³-hybridized carbons (Fsp3) is 0.0952. The van der Waals surface area contributed by atoms with Gasteiger partial charge in [0.05, 0.1) is 15.5 Å². The highest BCUT2D eigenvalue weighted by atomic mass is 32.2. The van der Waals surface area contributed by atoms with Crippen LogP contribution in [-0.2, 0) is 16.6 Å². The number of rotatable bonds is 7. The Labute approximate surface area is 179 Å². The van der Waals surface area contributed by atoms with Crippen LogP contribution in [0.25, 0.3) is 0 Å². The summed E-state index contributed by atoms with van der Waals surface area (Å²) >= 11 is 0. The van der Waals surface area contributed by atoms with Crippen molar-refractivity contribution in [2.75, 3.05) is 11.4 Å². The van der Waals surface area contributed by atoms with Crippen LogP contribution in [0.3, 0.4) is 0 Å². The number of carbonyl (C=O) groups is 1. The van der Waals surface area contributed by atoms with Crippen LogP contribution in [0.1, 0.15) is 5.56 Å². The molecule has 0 aliphatic heterocycles. The fourth-order valence-electron chi connectivity index (χ4n) is 2.79. The van der Waals surface area contributed by atoms with Crippen molar-refractivity contribution in [1.29, 1.82) is 0 Å². The number of anilines is 1. The summed E-state index contributed by atoms with van der Waals surface area (Å²) in [5, 5.41) is 13.2. The molecule has 0 atom stereocenters. The average molecular weight is 441 g/mol. The van der Waals surface area contributed by atoms with Gasteiger partial charge in [-0.3, -0.25) is 14.4 Å². The number of nitro benzene ring substituents is 1. The molecule has 0 bridgehead atoms. The first-order chi connectivity index (χ1) is 14.8. The second-order valence-corrected chi connectivity index (χ2v) is 8.38. The van der Waals surface area contributed by atoms with Crippen LogP contribution in [-0.4, -0.2) is 26.5 Å². The van der Waals surface area contributed by atoms with Crippen molar-refractivity contribution < 1.29 is 22.9 Å². The third-order valence-corrected chi connectivity index (χ3v) is 6.20. The molecule has 3 aromatic carbocycles. The summed E-state index contributed by atoms with van der Waals surface area (Å²) in [6.07, 6.45) is -0.780. The number of nitro groups is 1. The molecule has 9 nitrogen and oxygen atoms in total. The Morgan fingerprint density at radius 1 is 1.00 bits per heavy atom. The van der Waals surface area contributed by atoms with Gasteiger partial charge >= 0.3 is 6.09 Å². The van der Waals surface area contributed by atoms with Crippen LogP contribution in [0, 0.1) is 10.1 Å². The van der Waals surface area contributed by atoms with Gasteiger partial charge in [0.25, 0.3) is 15.7 Å². The first kappa shape index (κ1) is 21.8. The minimum Gasteiger partial charge on any atom is -0.410 e.